The zero-order valence-electron chi connectivity index (χ0n) is 11.8. The molecule has 4 nitrogen and oxygen atoms in total. The van der Waals surface area contributed by atoms with Gasteiger partial charge in [0.1, 0.15) is 5.25 Å². The van der Waals surface area contributed by atoms with Crippen LogP contribution in [0, 0.1) is 0 Å². The number of nitrogens with one attached hydrogen (secondary N) is 1. The van der Waals surface area contributed by atoms with E-state index in [1.807, 2.05) is 0 Å². The number of unbranched alkanes of at least 4 members (excludes halogenated alkanes) is 2. The number of carbonyl (C=O) groups excluding carboxylic acids is 1. The van der Waals surface area contributed by atoms with Crippen LogP contribution < -0.4 is 11.1 Å². The number of nitrogen functional groups attached to an aromatic ring is 1. The Morgan fingerprint density at radius 1 is 1.45 bits per heavy atom. The standard InChI is InChI=1S/C14H21BrN2O2S/c1-3-4-5-8-17-14(18)10(2)20(19)13-7-6-11(15)9-12(13)16/h6-7,9-10H,3-5,8,16H2,1-2H3,(H,17,18). The van der Waals surface area contributed by atoms with Crippen LogP contribution in [0.3, 0.4) is 0 Å². The number of halogens is 1. The third kappa shape index (κ3) is 4.90. The third-order valence-corrected chi connectivity index (χ3v) is 5.11. The van der Waals surface area contributed by atoms with Gasteiger partial charge in [0.25, 0.3) is 0 Å². The molecule has 112 valence electrons. The Kier molecular flexibility index (Phi) is 7.23. The molecule has 2 unspecified atom stereocenters. The van der Waals surface area contributed by atoms with Crippen LogP contribution in [0.25, 0.3) is 0 Å². The van der Waals surface area contributed by atoms with Gasteiger partial charge < -0.3 is 11.1 Å². The normalized spacial score (nSPS) is 13.8. The van der Waals surface area contributed by atoms with E-state index in [4.69, 9.17) is 5.73 Å². The lowest BCUT2D eigenvalue weighted by atomic mass is 10.2. The van der Waals surface area contributed by atoms with E-state index in [2.05, 4.69) is 28.2 Å². The Morgan fingerprint density at radius 2 is 2.15 bits per heavy atom. The predicted molar refractivity (Wildman–Crippen MR) is 87.0 cm³/mol. The number of hydrogen-bond donors (Lipinski definition) is 2. The van der Waals surface area contributed by atoms with Crippen molar-refractivity contribution in [3.63, 3.8) is 0 Å². The maximum absolute atomic E-state index is 12.4. The summed E-state index contributed by atoms with van der Waals surface area (Å²) in [5.41, 5.74) is 6.28. The largest absolute Gasteiger partial charge is 0.398 e. The number of benzene rings is 1. The van der Waals surface area contributed by atoms with Crippen LogP contribution in [-0.2, 0) is 15.6 Å². The van der Waals surface area contributed by atoms with E-state index < -0.39 is 16.0 Å². The first kappa shape index (κ1) is 17.2. The lowest BCUT2D eigenvalue weighted by Crippen LogP contribution is -2.36. The summed E-state index contributed by atoms with van der Waals surface area (Å²) in [4.78, 5) is 12.4. The minimum Gasteiger partial charge on any atom is -0.398 e. The van der Waals surface area contributed by atoms with Crippen LogP contribution in [0.15, 0.2) is 27.6 Å². The molecule has 1 aromatic carbocycles. The Balaban J connectivity index is 2.64. The van der Waals surface area contributed by atoms with E-state index in [-0.39, 0.29) is 5.91 Å². The molecule has 0 radical (unpaired) electrons. The molecule has 0 saturated carbocycles. The van der Waals surface area contributed by atoms with E-state index >= 15 is 0 Å². The van der Waals surface area contributed by atoms with Crippen molar-refractivity contribution in [2.24, 2.45) is 0 Å². The van der Waals surface area contributed by atoms with Crippen LogP contribution >= 0.6 is 15.9 Å². The van der Waals surface area contributed by atoms with E-state index in [9.17, 15) is 9.00 Å². The highest BCUT2D eigenvalue weighted by atomic mass is 79.9. The SMILES string of the molecule is CCCCCNC(=O)C(C)S(=O)c1ccc(Br)cc1N. The fourth-order valence-corrected chi connectivity index (χ4v) is 3.25. The van der Waals surface area contributed by atoms with Crippen LogP contribution in [0.4, 0.5) is 5.69 Å². The van der Waals surface area contributed by atoms with Crippen molar-refractivity contribution in [3.05, 3.63) is 22.7 Å². The molecule has 0 saturated heterocycles. The number of hydrogen-bond acceptors (Lipinski definition) is 3. The summed E-state index contributed by atoms with van der Waals surface area (Å²) in [6.45, 7) is 4.40. The molecule has 1 aromatic rings. The van der Waals surface area contributed by atoms with Crippen molar-refractivity contribution in [2.75, 3.05) is 12.3 Å². The van der Waals surface area contributed by atoms with Gasteiger partial charge in [0.15, 0.2) is 0 Å². The molecule has 0 aliphatic rings. The van der Waals surface area contributed by atoms with Gasteiger partial charge in [0.05, 0.1) is 15.7 Å². The van der Waals surface area contributed by atoms with Gasteiger partial charge in [-0.2, -0.15) is 0 Å². The molecule has 0 fully saturated rings. The second-order valence-electron chi connectivity index (χ2n) is 4.62. The predicted octanol–water partition coefficient (Wildman–Crippen LogP) is 2.83. The van der Waals surface area contributed by atoms with E-state index in [1.165, 1.54) is 0 Å². The fourth-order valence-electron chi connectivity index (χ4n) is 1.72. The molecular weight excluding hydrogens is 340 g/mol. The molecule has 2 atom stereocenters. The number of amides is 1. The highest BCUT2D eigenvalue weighted by Gasteiger charge is 2.22. The number of anilines is 1. The molecule has 0 aliphatic heterocycles. The van der Waals surface area contributed by atoms with Gasteiger partial charge in [0.2, 0.25) is 5.91 Å². The quantitative estimate of drug-likeness (QED) is 0.579. The van der Waals surface area contributed by atoms with Crippen LogP contribution in [0.5, 0.6) is 0 Å². The van der Waals surface area contributed by atoms with Crippen molar-refractivity contribution < 1.29 is 9.00 Å². The van der Waals surface area contributed by atoms with Gasteiger partial charge in [-0.1, -0.05) is 35.7 Å². The maximum Gasteiger partial charge on any atom is 0.235 e. The van der Waals surface area contributed by atoms with Gasteiger partial charge in [-0.25, -0.2) is 0 Å². The zero-order valence-corrected chi connectivity index (χ0v) is 14.2. The monoisotopic (exact) mass is 360 g/mol. The maximum atomic E-state index is 12.4. The first-order chi connectivity index (χ1) is 9.47. The first-order valence-electron chi connectivity index (χ1n) is 6.70. The van der Waals surface area contributed by atoms with Crippen LogP contribution in [0.1, 0.15) is 33.1 Å². The van der Waals surface area contributed by atoms with E-state index in [0.717, 1.165) is 23.7 Å². The number of rotatable bonds is 7. The molecular formula is C14H21BrN2O2S. The molecule has 20 heavy (non-hydrogen) atoms. The second kappa shape index (κ2) is 8.42. The zero-order chi connectivity index (χ0) is 15.1. The van der Waals surface area contributed by atoms with Crippen molar-refractivity contribution in [1.82, 2.24) is 5.32 Å². The van der Waals surface area contributed by atoms with Gasteiger partial charge in [-0.15, -0.1) is 0 Å². The molecule has 1 rings (SSSR count). The Labute approximate surface area is 131 Å². The lowest BCUT2D eigenvalue weighted by molar-refractivity contribution is -0.120. The number of carbonyl (C=O) groups is 1. The lowest BCUT2D eigenvalue weighted by Gasteiger charge is -2.13. The highest BCUT2D eigenvalue weighted by Crippen LogP contribution is 2.23. The van der Waals surface area contributed by atoms with Crippen molar-refractivity contribution >= 4 is 38.3 Å². The Hall–Kier alpha value is -0.880. The summed E-state index contributed by atoms with van der Waals surface area (Å²) in [5, 5.41) is 2.21. The smallest absolute Gasteiger partial charge is 0.235 e. The summed E-state index contributed by atoms with van der Waals surface area (Å²) >= 11 is 3.30. The summed E-state index contributed by atoms with van der Waals surface area (Å²) in [7, 11) is -1.44. The summed E-state index contributed by atoms with van der Waals surface area (Å²) < 4.78 is 13.2. The first-order valence-corrected chi connectivity index (χ1v) is 8.71. The highest BCUT2D eigenvalue weighted by molar-refractivity contribution is 9.10. The average Bonchev–Trinajstić information content (AvgIpc) is 2.42. The average molecular weight is 361 g/mol. The molecule has 0 aliphatic carbocycles. The molecule has 0 aromatic heterocycles. The fraction of sp³-hybridized carbons (Fsp3) is 0.500. The van der Waals surface area contributed by atoms with Gasteiger partial charge in [-0.3, -0.25) is 9.00 Å². The Morgan fingerprint density at radius 3 is 2.75 bits per heavy atom. The minimum absolute atomic E-state index is 0.193. The molecule has 0 heterocycles. The summed E-state index contributed by atoms with van der Waals surface area (Å²) in [5.74, 6) is -0.193. The Bertz CT molecular complexity index is 494. The van der Waals surface area contributed by atoms with Crippen LogP contribution in [0.2, 0.25) is 0 Å². The van der Waals surface area contributed by atoms with Crippen molar-refractivity contribution in [2.45, 2.75) is 43.3 Å². The molecule has 6 heteroatoms. The second-order valence-corrected chi connectivity index (χ2v) is 7.28. The summed E-state index contributed by atoms with van der Waals surface area (Å²) in [6.07, 6.45) is 3.13. The van der Waals surface area contributed by atoms with Crippen LogP contribution in [-0.4, -0.2) is 21.9 Å². The van der Waals surface area contributed by atoms with Crippen molar-refractivity contribution in [1.29, 1.82) is 0 Å². The minimum atomic E-state index is -1.44. The van der Waals surface area contributed by atoms with E-state index in [1.54, 1.807) is 25.1 Å². The third-order valence-electron chi connectivity index (χ3n) is 2.96. The number of nitrogens with two attached hydrogens (primary N) is 1. The molecule has 0 bridgehead atoms. The van der Waals surface area contributed by atoms with Crippen molar-refractivity contribution in [3.8, 4) is 0 Å². The molecule has 3 N–H and O–H groups in total. The van der Waals surface area contributed by atoms with Gasteiger partial charge in [-0.05, 0) is 31.5 Å². The topological polar surface area (TPSA) is 72.2 Å². The van der Waals surface area contributed by atoms with Gasteiger partial charge >= 0.3 is 0 Å². The van der Waals surface area contributed by atoms with E-state index in [0.29, 0.717) is 17.1 Å². The molecule has 0 spiro atoms. The van der Waals surface area contributed by atoms with Gasteiger partial charge in [0, 0.05) is 16.7 Å². The molecule has 1 amide bonds. The summed E-state index contributed by atoms with van der Waals surface area (Å²) in [6, 6.07) is 5.16.